The number of carbonyl (C=O) groups is 2. The van der Waals surface area contributed by atoms with E-state index < -0.39 is 5.72 Å². The molecule has 0 aromatic heterocycles. The molecular weight excluding hydrogens is 446 g/mol. The van der Waals surface area contributed by atoms with Crippen molar-refractivity contribution >= 4 is 17.6 Å². The summed E-state index contributed by atoms with van der Waals surface area (Å²) in [6.45, 7) is 2.25. The van der Waals surface area contributed by atoms with Crippen LogP contribution in [-0.4, -0.2) is 31.9 Å². The molecule has 2 N–H and O–H groups in total. The number of rotatable bonds is 6. The number of carbonyl (C=O) groups excluding carboxylic acids is 2. The summed E-state index contributed by atoms with van der Waals surface area (Å²) in [4.78, 5) is 27.7. The van der Waals surface area contributed by atoms with Crippen LogP contribution >= 0.6 is 0 Å². The average molecular weight is 474 g/mol. The Balaban J connectivity index is 1.38. The highest BCUT2D eigenvalue weighted by atomic mass is 16.5. The van der Waals surface area contributed by atoms with E-state index >= 15 is 0 Å². The van der Waals surface area contributed by atoms with Gasteiger partial charge < -0.3 is 24.8 Å². The zero-order valence-corrected chi connectivity index (χ0v) is 19.8. The van der Waals surface area contributed by atoms with Crippen LogP contribution in [0.5, 0.6) is 17.2 Å². The third kappa shape index (κ3) is 4.12. The molecule has 2 heterocycles. The predicted molar refractivity (Wildman–Crippen MR) is 131 cm³/mol. The molecule has 0 saturated carbocycles. The number of nitrogens with zero attached hydrogens (tertiary/aromatic N) is 1. The van der Waals surface area contributed by atoms with Gasteiger partial charge in [-0.2, -0.15) is 0 Å². The number of methoxy groups -OCH3 is 2. The van der Waals surface area contributed by atoms with E-state index in [1.807, 2.05) is 49.4 Å². The molecule has 2 aliphatic heterocycles. The standard InChI is InChI=1S/C27H27N3O5/c1-27-15-22(21-8-5-9-23(34-3)24(21)35-27)29-26(32)30(27)19-7-4-6-18(14-19)25(31)28-16-17-10-12-20(33-2)13-11-17/h4-14,22H,15-16H2,1-3H3,(H,28,31)(H,29,32)/t22-,27+/m0/s1. The lowest BCUT2D eigenvalue weighted by Crippen LogP contribution is -2.65. The number of benzene rings is 3. The number of para-hydroxylation sites is 1. The van der Waals surface area contributed by atoms with E-state index in [1.54, 1.807) is 43.4 Å². The van der Waals surface area contributed by atoms with Crippen LogP contribution in [0.1, 0.15) is 40.9 Å². The number of hydrogen-bond acceptors (Lipinski definition) is 5. The SMILES string of the molecule is COc1ccc(CNC(=O)c2cccc(N3C(=O)N[C@H]4C[C@@]3(C)Oc3c(OC)cccc34)c2)cc1. The number of urea groups is 1. The van der Waals surface area contributed by atoms with Crippen LogP contribution in [-0.2, 0) is 6.54 Å². The molecule has 0 unspecified atom stereocenters. The molecule has 0 spiro atoms. The van der Waals surface area contributed by atoms with Gasteiger partial charge in [-0.15, -0.1) is 0 Å². The second-order valence-corrected chi connectivity index (χ2v) is 8.78. The summed E-state index contributed by atoms with van der Waals surface area (Å²) in [5, 5.41) is 6.00. The fourth-order valence-electron chi connectivity index (χ4n) is 4.73. The molecule has 5 rings (SSSR count). The highest BCUT2D eigenvalue weighted by molar-refractivity contribution is 5.99. The normalized spacial score (nSPS) is 20.3. The number of fused-ring (bicyclic) bond motifs is 4. The highest BCUT2D eigenvalue weighted by Crippen LogP contribution is 2.49. The topological polar surface area (TPSA) is 89.1 Å². The summed E-state index contributed by atoms with van der Waals surface area (Å²) in [5.41, 5.74) is 1.91. The lowest BCUT2D eigenvalue weighted by Gasteiger charge is -2.50. The number of ether oxygens (including phenoxy) is 3. The van der Waals surface area contributed by atoms with E-state index in [-0.39, 0.29) is 18.0 Å². The first-order chi connectivity index (χ1) is 16.9. The summed E-state index contributed by atoms with van der Waals surface area (Å²) in [5.74, 6) is 1.75. The molecule has 3 aromatic rings. The van der Waals surface area contributed by atoms with Gasteiger partial charge in [0.1, 0.15) is 5.75 Å². The monoisotopic (exact) mass is 473 g/mol. The summed E-state index contributed by atoms with van der Waals surface area (Å²) < 4.78 is 17.1. The minimum Gasteiger partial charge on any atom is -0.497 e. The van der Waals surface area contributed by atoms with E-state index in [4.69, 9.17) is 14.2 Å². The molecule has 1 saturated heterocycles. The van der Waals surface area contributed by atoms with E-state index in [9.17, 15) is 9.59 Å². The number of amides is 3. The largest absolute Gasteiger partial charge is 0.497 e. The van der Waals surface area contributed by atoms with Crippen molar-refractivity contribution in [1.82, 2.24) is 10.6 Å². The van der Waals surface area contributed by atoms with Crippen molar-refractivity contribution in [3.8, 4) is 17.2 Å². The van der Waals surface area contributed by atoms with Gasteiger partial charge in [0, 0.05) is 24.1 Å². The van der Waals surface area contributed by atoms with Gasteiger partial charge in [0.15, 0.2) is 17.2 Å². The van der Waals surface area contributed by atoms with E-state index in [0.717, 1.165) is 16.9 Å². The zero-order chi connectivity index (χ0) is 24.6. The quantitative estimate of drug-likeness (QED) is 0.554. The minimum absolute atomic E-state index is 0.196. The van der Waals surface area contributed by atoms with Gasteiger partial charge >= 0.3 is 6.03 Å². The van der Waals surface area contributed by atoms with Crippen molar-refractivity contribution in [3.63, 3.8) is 0 Å². The lowest BCUT2D eigenvalue weighted by molar-refractivity contribution is 0.0349. The Hall–Kier alpha value is -4.20. The Morgan fingerprint density at radius 1 is 1.11 bits per heavy atom. The summed E-state index contributed by atoms with van der Waals surface area (Å²) in [6, 6.07) is 19.7. The second kappa shape index (κ2) is 8.87. The molecule has 2 bridgehead atoms. The molecule has 180 valence electrons. The molecule has 0 aliphatic carbocycles. The highest BCUT2D eigenvalue weighted by Gasteiger charge is 2.50. The molecule has 35 heavy (non-hydrogen) atoms. The maximum Gasteiger partial charge on any atom is 0.325 e. The molecule has 3 amide bonds. The van der Waals surface area contributed by atoms with Crippen LogP contribution in [0.4, 0.5) is 10.5 Å². The fourth-order valence-corrected chi connectivity index (χ4v) is 4.73. The Bertz CT molecular complexity index is 1280. The van der Waals surface area contributed by atoms with E-state index in [1.165, 1.54) is 0 Å². The molecule has 8 nitrogen and oxygen atoms in total. The Morgan fingerprint density at radius 3 is 2.63 bits per heavy atom. The summed E-state index contributed by atoms with van der Waals surface area (Å²) in [6.07, 6.45) is 0.548. The number of nitrogens with one attached hydrogen (secondary N) is 2. The van der Waals surface area contributed by atoms with Gasteiger partial charge in [0.25, 0.3) is 5.91 Å². The first kappa shape index (κ1) is 22.6. The summed E-state index contributed by atoms with van der Waals surface area (Å²) >= 11 is 0. The maximum atomic E-state index is 13.2. The van der Waals surface area contributed by atoms with Crippen LogP contribution in [0.2, 0.25) is 0 Å². The van der Waals surface area contributed by atoms with Gasteiger partial charge in [-0.1, -0.05) is 30.3 Å². The number of anilines is 1. The van der Waals surface area contributed by atoms with Crippen molar-refractivity contribution in [2.75, 3.05) is 19.1 Å². The van der Waals surface area contributed by atoms with Crippen molar-refractivity contribution in [1.29, 1.82) is 0 Å². The second-order valence-electron chi connectivity index (χ2n) is 8.78. The van der Waals surface area contributed by atoms with E-state index in [2.05, 4.69) is 10.6 Å². The molecule has 1 fully saturated rings. The molecule has 3 aromatic carbocycles. The first-order valence-corrected chi connectivity index (χ1v) is 11.4. The fraction of sp³-hybridized carbons (Fsp3) is 0.259. The van der Waals surface area contributed by atoms with Gasteiger partial charge in [-0.05, 0) is 48.9 Å². The van der Waals surface area contributed by atoms with Crippen molar-refractivity contribution in [3.05, 3.63) is 83.4 Å². The van der Waals surface area contributed by atoms with Gasteiger partial charge in [-0.3, -0.25) is 9.69 Å². The van der Waals surface area contributed by atoms with Crippen LogP contribution in [0.25, 0.3) is 0 Å². The van der Waals surface area contributed by atoms with Crippen molar-refractivity contribution in [2.24, 2.45) is 0 Å². The molecule has 8 heteroatoms. The summed E-state index contributed by atoms with van der Waals surface area (Å²) in [7, 11) is 3.20. The average Bonchev–Trinajstić information content (AvgIpc) is 2.87. The van der Waals surface area contributed by atoms with Crippen LogP contribution in [0, 0.1) is 0 Å². The van der Waals surface area contributed by atoms with Gasteiger partial charge in [0.05, 0.1) is 25.9 Å². The van der Waals surface area contributed by atoms with Gasteiger partial charge in [0.2, 0.25) is 0 Å². The molecule has 2 aliphatic rings. The van der Waals surface area contributed by atoms with E-state index in [0.29, 0.717) is 35.7 Å². The third-order valence-corrected chi connectivity index (χ3v) is 6.46. The predicted octanol–water partition coefficient (Wildman–Crippen LogP) is 4.40. The number of hydrogen-bond donors (Lipinski definition) is 2. The van der Waals surface area contributed by atoms with Crippen LogP contribution in [0.3, 0.4) is 0 Å². The smallest absolute Gasteiger partial charge is 0.325 e. The van der Waals surface area contributed by atoms with Crippen molar-refractivity contribution < 1.29 is 23.8 Å². The first-order valence-electron chi connectivity index (χ1n) is 11.4. The van der Waals surface area contributed by atoms with Crippen LogP contribution < -0.4 is 29.7 Å². The Kier molecular flexibility index (Phi) is 5.72. The van der Waals surface area contributed by atoms with Crippen molar-refractivity contribution in [2.45, 2.75) is 31.7 Å². The Morgan fingerprint density at radius 2 is 1.89 bits per heavy atom. The Labute approximate surface area is 203 Å². The molecule has 0 radical (unpaired) electrons. The van der Waals surface area contributed by atoms with Gasteiger partial charge in [-0.25, -0.2) is 4.79 Å². The minimum atomic E-state index is -0.952. The molecular formula is C27H27N3O5. The third-order valence-electron chi connectivity index (χ3n) is 6.46. The van der Waals surface area contributed by atoms with Crippen LogP contribution in [0.15, 0.2) is 66.7 Å². The molecule has 2 atom stereocenters. The maximum absolute atomic E-state index is 13.2. The lowest BCUT2D eigenvalue weighted by atomic mass is 9.89. The zero-order valence-electron chi connectivity index (χ0n) is 19.8.